The number of ether oxygens (including phenoxy) is 2. The molecule has 0 aliphatic heterocycles. The molecular weight excluding hydrogens is 921 g/mol. The summed E-state index contributed by atoms with van der Waals surface area (Å²) in [6.45, 7) is 26.7. The molecule has 0 aromatic rings. The van der Waals surface area contributed by atoms with Crippen molar-refractivity contribution in [2.45, 2.75) is 248 Å². The zero-order valence-corrected chi connectivity index (χ0v) is 48.8. The van der Waals surface area contributed by atoms with Gasteiger partial charge in [0, 0.05) is 19.4 Å². The highest BCUT2D eigenvalue weighted by atomic mass is 16.6. The van der Waals surface area contributed by atoms with E-state index in [-0.39, 0.29) is 52.9 Å². The Balaban J connectivity index is 0.707. The van der Waals surface area contributed by atoms with Crippen LogP contribution in [0.2, 0.25) is 0 Å². The highest BCUT2D eigenvalue weighted by Crippen LogP contribution is 2.69. The maximum absolute atomic E-state index is 13.3. The normalized spacial score (nSPS) is 38.4. The minimum atomic E-state index is -0.302. The van der Waals surface area contributed by atoms with Gasteiger partial charge in [-0.15, -0.1) is 5.01 Å². The molecule has 0 aromatic heterocycles. The van der Waals surface area contributed by atoms with Gasteiger partial charge in [0.15, 0.2) is 0 Å². The molecule has 420 valence electrons. The Bertz CT molecular complexity index is 1980. The summed E-state index contributed by atoms with van der Waals surface area (Å²) in [5.74, 6) is 9.27. The van der Waals surface area contributed by atoms with Crippen LogP contribution in [0.25, 0.3) is 0 Å². The molecule has 8 aliphatic carbocycles. The van der Waals surface area contributed by atoms with Crippen molar-refractivity contribution in [1.29, 1.82) is 0 Å². The Morgan fingerprint density at radius 1 is 0.635 bits per heavy atom. The van der Waals surface area contributed by atoms with Crippen molar-refractivity contribution in [3.05, 3.63) is 28.5 Å². The summed E-state index contributed by atoms with van der Waals surface area (Å²) in [5.41, 5.74) is 4.46. The summed E-state index contributed by atoms with van der Waals surface area (Å²) in [5, 5.41) is 29.5. The standard InChI is InChI=1S/C64H108N4O6/c1-43(2)15-13-17-45(5)53-23-25-55-51-21-19-47-41-49(27-33-61(47,7)57(51)29-35-63(53,55)9)73-59(69)31-38-65-37-11-12-39-67(68(72)66-71)40-32-60(70)74-50-28-34-62(8)48(42-50)20-22-52-56-26-24-54(46(6)18-14-16-44(3)4)64(56,10)36-30-58(52)62/h19-20,43-46,49-58,65,71H,11-18,21-42H2,1-10H3/b68-66-/t45-,46-,49+,50+,51?,52?,53-,54-,55+,56+,57+,58+,61+,62+,63-,64-/m1/s1. The molecule has 16 atom stereocenters. The van der Waals surface area contributed by atoms with Gasteiger partial charge in [0.25, 0.3) is 0 Å². The molecule has 10 nitrogen and oxygen atoms in total. The van der Waals surface area contributed by atoms with Crippen molar-refractivity contribution in [1.82, 2.24) is 10.3 Å². The van der Waals surface area contributed by atoms with Gasteiger partial charge < -0.3 is 25.2 Å². The van der Waals surface area contributed by atoms with E-state index in [1.807, 2.05) is 0 Å². The number of esters is 2. The Labute approximate surface area is 450 Å². The topological polar surface area (TPSA) is 127 Å². The number of carbonyl (C=O) groups excluding carboxylic acids is 2. The lowest BCUT2D eigenvalue weighted by molar-refractivity contribution is -0.709. The molecule has 74 heavy (non-hydrogen) atoms. The van der Waals surface area contributed by atoms with Gasteiger partial charge in [-0.3, -0.25) is 9.59 Å². The third-order valence-electron chi connectivity index (χ3n) is 23.5. The van der Waals surface area contributed by atoms with E-state index in [1.165, 1.54) is 113 Å². The molecule has 0 amide bonds. The van der Waals surface area contributed by atoms with Crippen LogP contribution in [0.4, 0.5) is 0 Å². The Hall–Kier alpha value is -2.62. The number of nitrogens with zero attached hydrogens (tertiary/aromatic N) is 3. The predicted octanol–water partition coefficient (Wildman–Crippen LogP) is 15.6. The van der Waals surface area contributed by atoms with E-state index >= 15 is 0 Å². The van der Waals surface area contributed by atoms with E-state index in [0.717, 1.165) is 116 Å². The fraction of sp³-hybridized carbons (Fsp3) is 0.906. The number of nitrogens with one attached hydrogen (secondary N) is 1. The highest BCUT2D eigenvalue weighted by molar-refractivity contribution is 5.70. The van der Waals surface area contributed by atoms with Crippen molar-refractivity contribution in [3.8, 4) is 0 Å². The van der Waals surface area contributed by atoms with Crippen LogP contribution in [0.15, 0.2) is 28.6 Å². The number of carbonyl (C=O) groups is 2. The molecular formula is C64H108N4O6. The minimum Gasteiger partial charge on any atom is -0.569 e. The third kappa shape index (κ3) is 12.3. The lowest BCUT2D eigenvalue weighted by atomic mass is 9.47. The van der Waals surface area contributed by atoms with E-state index in [0.29, 0.717) is 43.3 Å². The van der Waals surface area contributed by atoms with Crippen molar-refractivity contribution in [2.24, 2.45) is 98.0 Å². The average Bonchev–Trinajstić information content (AvgIpc) is 3.91. The molecule has 0 spiro atoms. The maximum Gasteiger partial charge on any atom is 0.308 e. The van der Waals surface area contributed by atoms with Gasteiger partial charge in [-0.05, 0) is 202 Å². The maximum atomic E-state index is 13.3. The van der Waals surface area contributed by atoms with Gasteiger partial charge in [0.2, 0.25) is 5.28 Å². The first kappa shape index (κ1) is 57.6. The van der Waals surface area contributed by atoms with Gasteiger partial charge >= 0.3 is 11.9 Å². The van der Waals surface area contributed by atoms with Crippen LogP contribution in [0.1, 0.15) is 236 Å². The quantitative estimate of drug-likeness (QED) is 0.0244. The van der Waals surface area contributed by atoms with Crippen molar-refractivity contribution in [2.75, 3.05) is 26.2 Å². The van der Waals surface area contributed by atoms with Crippen LogP contribution in [-0.4, -0.2) is 65.5 Å². The van der Waals surface area contributed by atoms with Gasteiger partial charge in [0.1, 0.15) is 12.2 Å². The highest BCUT2D eigenvalue weighted by Gasteiger charge is 2.61. The summed E-state index contributed by atoms with van der Waals surface area (Å²) in [4.78, 5) is 26.5. The van der Waals surface area contributed by atoms with Crippen molar-refractivity contribution >= 4 is 11.9 Å². The van der Waals surface area contributed by atoms with Crippen LogP contribution in [0.5, 0.6) is 0 Å². The molecule has 6 saturated carbocycles. The fourth-order valence-corrected chi connectivity index (χ4v) is 19.4. The van der Waals surface area contributed by atoms with E-state index in [4.69, 9.17) is 9.47 Å². The Morgan fingerprint density at radius 2 is 1.12 bits per heavy atom. The van der Waals surface area contributed by atoms with Crippen LogP contribution in [0.3, 0.4) is 0 Å². The molecule has 10 heteroatoms. The van der Waals surface area contributed by atoms with Gasteiger partial charge in [-0.1, -0.05) is 131 Å². The second kappa shape index (κ2) is 24.6. The van der Waals surface area contributed by atoms with Gasteiger partial charge in [-0.2, -0.15) is 0 Å². The number of fused-ring (bicyclic) bond motifs is 10. The average molecular weight is 1030 g/mol. The zero-order chi connectivity index (χ0) is 53.0. The first-order valence-corrected chi connectivity index (χ1v) is 31.4. The molecule has 0 saturated heterocycles. The number of hydrogen-bond donors (Lipinski definition) is 2. The summed E-state index contributed by atoms with van der Waals surface area (Å²) in [7, 11) is 0. The number of allylic oxidation sites excluding steroid dienone is 2. The van der Waals surface area contributed by atoms with E-state index in [9.17, 15) is 20.0 Å². The zero-order valence-electron chi connectivity index (χ0n) is 48.8. The lowest BCUT2D eigenvalue weighted by Gasteiger charge is -2.58. The number of unbranched alkanes of at least 4 members (excludes halogenated alkanes) is 1. The molecule has 8 aliphatic rings. The van der Waals surface area contributed by atoms with E-state index in [1.54, 1.807) is 5.57 Å². The monoisotopic (exact) mass is 1030 g/mol. The first-order chi connectivity index (χ1) is 35.3. The number of rotatable bonds is 24. The summed E-state index contributed by atoms with van der Waals surface area (Å²) >= 11 is 0. The first-order valence-electron chi connectivity index (χ1n) is 31.4. The fourth-order valence-electron chi connectivity index (χ4n) is 19.4. The van der Waals surface area contributed by atoms with Crippen LogP contribution in [0, 0.1) is 97.9 Å². The van der Waals surface area contributed by atoms with Crippen molar-refractivity contribution < 1.29 is 29.2 Å². The molecule has 0 aromatic carbocycles. The van der Waals surface area contributed by atoms with Crippen LogP contribution in [-0.2, 0) is 19.1 Å². The molecule has 0 bridgehead atoms. The molecule has 2 unspecified atom stereocenters. The van der Waals surface area contributed by atoms with Crippen LogP contribution >= 0.6 is 0 Å². The molecule has 8 rings (SSSR count). The molecule has 6 fully saturated rings. The second-order valence-electron chi connectivity index (χ2n) is 28.5. The van der Waals surface area contributed by atoms with Crippen LogP contribution < -0.4 is 5.32 Å². The summed E-state index contributed by atoms with van der Waals surface area (Å²) < 4.78 is 12.2. The van der Waals surface area contributed by atoms with E-state index in [2.05, 4.69) is 92.0 Å². The second-order valence-corrected chi connectivity index (χ2v) is 28.5. The Morgan fingerprint density at radius 3 is 1.59 bits per heavy atom. The molecule has 0 heterocycles. The molecule has 2 N–H and O–H groups in total. The summed E-state index contributed by atoms with van der Waals surface area (Å²) in [6.07, 6.45) is 34.2. The number of hydrazine groups is 1. The predicted molar refractivity (Wildman–Crippen MR) is 297 cm³/mol. The SMILES string of the molecule is CC(C)CCC[C@@H](C)[C@H]1CC[C@H]2C3CC=C4C[C@@H](OC(=O)CCNCCCCN(CCC(=O)O[C@H]5CC[C@@]6(C)C(=CCC7[C@@H]8CC[C@H]([C@H](C)CCCC(C)C)[C@@]8(C)CC[C@@H]76)C5)/[N+]([O-])=N/O)CC[C@]4(C)[C@H]3CC[C@]12C. The van der Waals surface area contributed by atoms with Crippen molar-refractivity contribution in [3.63, 3.8) is 0 Å². The van der Waals surface area contributed by atoms with E-state index < -0.39 is 0 Å². The minimum absolute atomic E-state index is 0.0299. The smallest absolute Gasteiger partial charge is 0.308 e. The number of hydrogen-bond acceptors (Lipinski definition) is 7. The Kier molecular flexibility index (Phi) is 19.1. The van der Waals surface area contributed by atoms with Gasteiger partial charge in [-0.25, -0.2) is 0 Å². The lowest BCUT2D eigenvalue weighted by Crippen LogP contribution is -2.51. The van der Waals surface area contributed by atoms with Gasteiger partial charge in [0.05, 0.1) is 30.9 Å². The largest absolute Gasteiger partial charge is 0.569 e. The third-order valence-corrected chi connectivity index (χ3v) is 23.5. The summed E-state index contributed by atoms with van der Waals surface area (Å²) in [6, 6.07) is 0. The molecule has 0 radical (unpaired) electrons.